The van der Waals surface area contributed by atoms with Gasteiger partial charge in [-0.2, -0.15) is 0 Å². The van der Waals surface area contributed by atoms with E-state index in [-0.39, 0.29) is 24.9 Å². The topological polar surface area (TPSA) is 70.7 Å². The number of carbonyl (C=O) groups is 2. The smallest absolute Gasteiger partial charge is 0.243 e. The third-order valence-corrected chi connectivity index (χ3v) is 4.48. The lowest BCUT2D eigenvalue weighted by molar-refractivity contribution is -0.124. The Morgan fingerprint density at radius 3 is 2.36 bits per heavy atom. The van der Waals surface area contributed by atoms with Gasteiger partial charge in [0.2, 0.25) is 11.8 Å². The second-order valence-corrected chi connectivity index (χ2v) is 7.08. The lowest BCUT2D eigenvalue weighted by Crippen LogP contribution is -2.39. The number of carbonyl (C=O) groups excluding carboxylic acids is 2. The van der Waals surface area contributed by atoms with E-state index in [0.717, 1.165) is 33.7 Å². The summed E-state index contributed by atoms with van der Waals surface area (Å²) >= 11 is 0. The van der Waals surface area contributed by atoms with Gasteiger partial charge in [0.05, 0.1) is 20.2 Å². The van der Waals surface area contributed by atoms with Crippen molar-refractivity contribution < 1.29 is 14.3 Å². The number of hydrogen-bond donors (Lipinski definition) is 2. The van der Waals surface area contributed by atoms with Crippen LogP contribution in [0.4, 0.5) is 5.69 Å². The summed E-state index contributed by atoms with van der Waals surface area (Å²) < 4.78 is 5.38. The van der Waals surface area contributed by atoms with Crippen LogP contribution in [0.25, 0.3) is 0 Å². The molecular weight excluding hydrogens is 354 g/mol. The van der Waals surface area contributed by atoms with Crippen molar-refractivity contribution in [2.75, 3.05) is 32.6 Å². The van der Waals surface area contributed by atoms with Crippen LogP contribution in [-0.4, -0.2) is 44.0 Å². The van der Waals surface area contributed by atoms with Gasteiger partial charge < -0.3 is 15.4 Å². The number of amides is 2. The first-order valence-corrected chi connectivity index (χ1v) is 9.25. The van der Waals surface area contributed by atoms with Crippen LogP contribution in [0.1, 0.15) is 22.3 Å². The molecule has 0 atom stereocenters. The third kappa shape index (κ3) is 6.09. The Labute approximate surface area is 166 Å². The van der Waals surface area contributed by atoms with Gasteiger partial charge in [-0.05, 0) is 45.0 Å². The minimum atomic E-state index is -0.242. The van der Waals surface area contributed by atoms with Crippen molar-refractivity contribution in [1.29, 1.82) is 0 Å². The predicted molar refractivity (Wildman–Crippen MR) is 112 cm³/mol. The molecule has 6 heteroatoms. The molecule has 2 aromatic carbocycles. The first-order chi connectivity index (χ1) is 13.3. The van der Waals surface area contributed by atoms with E-state index >= 15 is 0 Å². The molecule has 2 amide bonds. The zero-order chi connectivity index (χ0) is 20.7. The van der Waals surface area contributed by atoms with Gasteiger partial charge in [-0.25, -0.2) is 0 Å². The number of aryl methyl sites for hydroxylation is 3. The van der Waals surface area contributed by atoms with Crippen molar-refractivity contribution in [2.24, 2.45) is 0 Å². The van der Waals surface area contributed by atoms with Crippen LogP contribution < -0.4 is 15.4 Å². The molecule has 0 saturated carbocycles. The number of rotatable bonds is 8. The second-order valence-electron chi connectivity index (χ2n) is 7.08. The lowest BCUT2D eigenvalue weighted by Gasteiger charge is -2.18. The first kappa shape index (κ1) is 21.4. The highest BCUT2D eigenvalue weighted by atomic mass is 16.5. The fraction of sp³-hybridized carbons (Fsp3) is 0.364. The molecule has 0 aliphatic rings. The number of likely N-dealkylation sites (N-methyl/N-ethyl adjacent to an activating group) is 1. The largest absolute Gasteiger partial charge is 0.496 e. The maximum atomic E-state index is 12.2. The highest BCUT2D eigenvalue weighted by Crippen LogP contribution is 2.21. The van der Waals surface area contributed by atoms with E-state index < -0.39 is 0 Å². The Morgan fingerprint density at radius 2 is 1.71 bits per heavy atom. The van der Waals surface area contributed by atoms with Crippen molar-refractivity contribution in [2.45, 2.75) is 27.3 Å². The number of anilines is 1. The molecule has 0 aliphatic heterocycles. The predicted octanol–water partition coefficient (Wildman–Crippen LogP) is 2.81. The Balaban J connectivity index is 1.83. The molecule has 0 fully saturated rings. The monoisotopic (exact) mass is 383 g/mol. The average Bonchev–Trinajstić information content (AvgIpc) is 2.63. The fourth-order valence-corrected chi connectivity index (χ4v) is 3.05. The van der Waals surface area contributed by atoms with Crippen LogP contribution >= 0.6 is 0 Å². The molecule has 0 radical (unpaired) electrons. The van der Waals surface area contributed by atoms with Crippen LogP contribution in [0.15, 0.2) is 36.4 Å². The van der Waals surface area contributed by atoms with Crippen molar-refractivity contribution >= 4 is 17.5 Å². The highest BCUT2D eigenvalue weighted by molar-refractivity contribution is 5.95. The molecule has 28 heavy (non-hydrogen) atoms. The van der Waals surface area contributed by atoms with Gasteiger partial charge in [0.25, 0.3) is 0 Å². The van der Waals surface area contributed by atoms with Gasteiger partial charge in [0.15, 0.2) is 0 Å². The second kappa shape index (κ2) is 9.90. The van der Waals surface area contributed by atoms with Crippen LogP contribution in [0.5, 0.6) is 5.75 Å². The highest BCUT2D eigenvalue weighted by Gasteiger charge is 2.12. The summed E-state index contributed by atoms with van der Waals surface area (Å²) in [7, 11) is 3.49. The van der Waals surface area contributed by atoms with Gasteiger partial charge in [0, 0.05) is 17.8 Å². The zero-order valence-corrected chi connectivity index (χ0v) is 17.3. The van der Waals surface area contributed by atoms with E-state index in [1.165, 1.54) is 0 Å². The molecule has 0 aromatic heterocycles. The molecule has 150 valence electrons. The summed E-state index contributed by atoms with van der Waals surface area (Å²) in [5, 5.41) is 5.54. The van der Waals surface area contributed by atoms with Crippen LogP contribution in [0, 0.1) is 20.8 Å². The van der Waals surface area contributed by atoms with Gasteiger partial charge in [-0.1, -0.05) is 35.9 Å². The maximum absolute atomic E-state index is 12.2. The number of methoxy groups -OCH3 is 1. The van der Waals surface area contributed by atoms with Gasteiger partial charge in [-0.3, -0.25) is 14.5 Å². The molecule has 0 spiro atoms. The first-order valence-electron chi connectivity index (χ1n) is 9.25. The van der Waals surface area contributed by atoms with Gasteiger partial charge >= 0.3 is 0 Å². The molecule has 2 N–H and O–H groups in total. The lowest BCUT2D eigenvalue weighted by atomic mass is 10.1. The SMILES string of the molecule is COc1ccc(C)cc1CN(C)CC(=O)NCC(=O)Nc1c(C)cccc1C. The average molecular weight is 383 g/mol. The molecule has 0 bridgehead atoms. The number of hydrogen-bond acceptors (Lipinski definition) is 4. The van der Waals surface area contributed by atoms with Gasteiger partial charge in [0.1, 0.15) is 5.75 Å². The van der Waals surface area contributed by atoms with Gasteiger partial charge in [-0.15, -0.1) is 0 Å². The summed E-state index contributed by atoms with van der Waals surface area (Å²) in [5.41, 5.74) is 4.94. The maximum Gasteiger partial charge on any atom is 0.243 e. The summed E-state index contributed by atoms with van der Waals surface area (Å²) in [6.45, 7) is 6.60. The van der Waals surface area contributed by atoms with Crippen LogP contribution in [-0.2, 0) is 16.1 Å². The van der Waals surface area contributed by atoms with E-state index in [9.17, 15) is 9.59 Å². The summed E-state index contributed by atoms with van der Waals surface area (Å²) in [6, 6.07) is 11.8. The third-order valence-electron chi connectivity index (χ3n) is 4.48. The van der Waals surface area contributed by atoms with E-state index in [1.807, 2.05) is 69.1 Å². The van der Waals surface area contributed by atoms with Crippen LogP contribution in [0.2, 0.25) is 0 Å². The molecule has 0 saturated heterocycles. The van der Waals surface area contributed by atoms with Crippen molar-refractivity contribution in [3.63, 3.8) is 0 Å². The molecule has 2 aromatic rings. The van der Waals surface area contributed by atoms with Crippen molar-refractivity contribution in [1.82, 2.24) is 10.2 Å². The minimum Gasteiger partial charge on any atom is -0.496 e. The molecule has 2 rings (SSSR count). The normalized spacial score (nSPS) is 10.6. The summed E-state index contributed by atoms with van der Waals surface area (Å²) in [4.78, 5) is 26.2. The standard InChI is InChI=1S/C22H29N3O3/c1-15-9-10-19(28-5)18(11-15)13-25(4)14-21(27)23-12-20(26)24-22-16(2)7-6-8-17(22)3/h6-11H,12-14H2,1-5H3,(H,23,27)(H,24,26). The van der Waals surface area contributed by atoms with E-state index in [1.54, 1.807) is 7.11 Å². The number of ether oxygens (including phenoxy) is 1. The number of benzene rings is 2. The number of para-hydroxylation sites is 1. The van der Waals surface area contributed by atoms with Crippen LogP contribution in [0.3, 0.4) is 0 Å². The minimum absolute atomic E-state index is 0.0613. The number of nitrogens with zero attached hydrogens (tertiary/aromatic N) is 1. The van der Waals surface area contributed by atoms with E-state index in [2.05, 4.69) is 10.6 Å². The molecular formula is C22H29N3O3. The fourth-order valence-electron chi connectivity index (χ4n) is 3.05. The zero-order valence-electron chi connectivity index (χ0n) is 17.3. The molecule has 6 nitrogen and oxygen atoms in total. The quantitative estimate of drug-likeness (QED) is 0.735. The Hall–Kier alpha value is -2.86. The Kier molecular flexibility index (Phi) is 7.58. The van der Waals surface area contributed by atoms with E-state index in [4.69, 9.17) is 4.74 Å². The molecule has 0 aliphatic carbocycles. The van der Waals surface area contributed by atoms with Crippen molar-refractivity contribution in [3.05, 3.63) is 58.7 Å². The molecule has 0 unspecified atom stereocenters. The Bertz CT molecular complexity index is 829. The number of nitrogens with one attached hydrogen (secondary N) is 2. The Morgan fingerprint density at radius 1 is 1.04 bits per heavy atom. The summed E-state index contributed by atoms with van der Waals surface area (Å²) in [6.07, 6.45) is 0. The van der Waals surface area contributed by atoms with Crippen molar-refractivity contribution in [3.8, 4) is 5.75 Å². The van der Waals surface area contributed by atoms with E-state index in [0.29, 0.717) is 6.54 Å². The summed E-state index contributed by atoms with van der Waals surface area (Å²) in [5.74, 6) is 0.352. The molecule has 0 heterocycles.